The predicted molar refractivity (Wildman–Crippen MR) is 99.1 cm³/mol. The number of likely N-dealkylation sites (tertiary alicyclic amines) is 2. The van der Waals surface area contributed by atoms with Gasteiger partial charge >= 0.3 is 0 Å². The second-order valence-electron chi connectivity index (χ2n) is 7.72. The third kappa shape index (κ3) is 3.65. The molecular formula is C20H27N5O. The maximum Gasteiger partial charge on any atom is 0.227 e. The quantitative estimate of drug-likeness (QED) is 0.825. The highest BCUT2D eigenvalue weighted by molar-refractivity contribution is 5.80. The van der Waals surface area contributed by atoms with Crippen molar-refractivity contribution in [1.82, 2.24) is 24.8 Å². The Balaban J connectivity index is 1.39. The largest absolute Gasteiger partial charge is 0.338 e. The average molecular weight is 353 g/mol. The molecule has 2 saturated heterocycles. The maximum absolute atomic E-state index is 13.2. The third-order valence-electron chi connectivity index (χ3n) is 5.78. The van der Waals surface area contributed by atoms with Gasteiger partial charge in [0.05, 0.1) is 24.7 Å². The smallest absolute Gasteiger partial charge is 0.227 e. The van der Waals surface area contributed by atoms with E-state index in [1.54, 1.807) is 6.20 Å². The van der Waals surface area contributed by atoms with Crippen LogP contribution in [0, 0.1) is 11.8 Å². The number of benzene rings is 1. The summed E-state index contributed by atoms with van der Waals surface area (Å²) in [6.45, 7) is 6.63. The molecule has 0 aliphatic carbocycles. The summed E-state index contributed by atoms with van der Waals surface area (Å²) >= 11 is 0. The van der Waals surface area contributed by atoms with E-state index in [1.807, 2.05) is 16.9 Å². The lowest BCUT2D eigenvalue weighted by Crippen LogP contribution is -2.43. The number of amides is 1. The first-order valence-electron chi connectivity index (χ1n) is 9.61. The molecule has 0 saturated carbocycles. The number of carbonyl (C=O) groups excluding carboxylic acids is 1. The molecule has 0 spiro atoms. The normalized spacial score (nSPS) is 26.5. The third-order valence-corrected chi connectivity index (χ3v) is 5.78. The number of rotatable bonds is 5. The van der Waals surface area contributed by atoms with Gasteiger partial charge in [-0.25, -0.2) is 0 Å². The second-order valence-corrected chi connectivity index (χ2v) is 7.72. The first-order chi connectivity index (χ1) is 12.7. The Bertz CT molecular complexity index is 717. The van der Waals surface area contributed by atoms with Crippen molar-refractivity contribution >= 4 is 5.91 Å². The van der Waals surface area contributed by atoms with Crippen LogP contribution in [0.25, 0.3) is 0 Å². The van der Waals surface area contributed by atoms with Gasteiger partial charge in [-0.1, -0.05) is 42.5 Å². The van der Waals surface area contributed by atoms with E-state index in [2.05, 4.69) is 51.3 Å². The minimum Gasteiger partial charge on any atom is -0.338 e. The molecule has 2 aliphatic heterocycles. The highest BCUT2D eigenvalue weighted by Gasteiger charge is 2.40. The maximum atomic E-state index is 13.2. The fraction of sp³-hybridized carbons (Fsp3) is 0.550. The number of aromatic nitrogens is 3. The van der Waals surface area contributed by atoms with Crippen molar-refractivity contribution in [1.29, 1.82) is 0 Å². The van der Waals surface area contributed by atoms with Crippen molar-refractivity contribution in [2.24, 2.45) is 11.8 Å². The molecule has 138 valence electrons. The van der Waals surface area contributed by atoms with E-state index in [-0.39, 0.29) is 12.0 Å². The molecule has 6 heteroatoms. The number of hydrogen-bond donors (Lipinski definition) is 0. The van der Waals surface area contributed by atoms with Crippen molar-refractivity contribution in [2.45, 2.75) is 38.9 Å². The molecule has 0 bridgehead atoms. The summed E-state index contributed by atoms with van der Waals surface area (Å²) in [5.41, 5.74) is 1.32. The Morgan fingerprint density at radius 1 is 1.23 bits per heavy atom. The SMILES string of the molecule is C[C@@H]1CN(Cc2ccccc2)C[C@H]1C(=O)N1CCC[C@H]1Cn1ccnn1. The van der Waals surface area contributed by atoms with Crippen molar-refractivity contribution < 1.29 is 4.79 Å². The second kappa shape index (κ2) is 7.58. The predicted octanol–water partition coefficient (Wildman–Crippen LogP) is 2.04. The lowest BCUT2D eigenvalue weighted by atomic mass is 9.96. The van der Waals surface area contributed by atoms with Gasteiger partial charge in [-0.2, -0.15) is 0 Å². The van der Waals surface area contributed by atoms with Gasteiger partial charge in [-0.3, -0.25) is 14.4 Å². The first kappa shape index (κ1) is 17.2. The van der Waals surface area contributed by atoms with E-state index in [1.165, 1.54) is 5.56 Å². The minimum atomic E-state index is 0.107. The molecule has 0 N–H and O–H groups in total. The van der Waals surface area contributed by atoms with E-state index in [0.717, 1.165) is 45.6 Å². The standard InChI is InChI=1S/C20H27N5O/c1-16-12-23(13-17-6-3-2-4-7-17)15-19(16)20(26)25-10-5-8-18(25)14-24-11-9-21-22-24/h2-4,6-7,9,11,16,18-19H,5,8,10,12-15H2,1H3/t16-,18+,19-/m1/s1. The van der Waals surface area contributed by atoms with E-state index < -0.39 is 0 Å². The summed E-state index contributed by atoms with van der Waals surface area (Å²) in [6, 6.07) is 10.8. The van der Waals surface area contributed by atoms with Gasteiger partial charge in [0, 0.05) is 32.4 Å². The molecular weight excluding hydrogens is 326 g/mol. The molecule has 4 rings (SSSR count). The Labute approximate surface area is 154 Å². The summed E-state index contributed by atoms with van der Waals surface area (Å²) in [6.07, 6.45) is 5.71. The molecule has 1 aromatic heterocycles. The van der Waals surface area contributed by atoms with Crippen LogP contribution in [0.4, 0.5) is 0 Å². The van der Waals surface area contributed by atoms with Crippen LogP contribution in [-0.2, 0) is 17.9 Å². The first-order valence-corrected chi connectivity index (χ1v) is 9.61. The molecule has 0 unspecified atom stereocenters. The molecule has 2 aromatic rings. The van der Waals surface area contributed by atoms with Gasteiger partial charge in [0.15, 0.2) is 0 Å². The van der Waals surface area contributed by atoms with Gasteiger partial charge in [0.2, 0.25) is 5.91 Å². The minimum absolute atomic E-state index is 0.107. The summed E-state index contributed by atoms with van der Waals surface area (Å²) in [5.74, 6) is 0.838. The summed E-state index contributed by atoms with van der Waals surface area (Å²) in [7, 11) is 0. The Hall–Kier alpha value is -2.21. The Morgan fingerprint density at radius 2 is 2.08 bits per heavy atom. The highest BCUT2D eigenvalue weighted by atomic mass is 16.2. The molecule has 3 heterocycles. The molecule has 0 radical (unpaired) electrons. The van der Waals surface area contributed by atoms with E-state index in [4.69, 9.17) is 0 Å². The van der Waals surface area contributed by atoms with E-state index in [0.29, 0.717) is 11.8 Å². The molecule has 26 heavy (non-hydrogen) atoms. The summed E-state index contributed by atoms with van der Waals surface area (Å²) in [4.78, 5) is 17.8. The lowest BCUT2D eigenvalue weighted by Gasteiger charge is -2.28. The lowest BCUT2D eigenvalue weighted by molar-refractivity contribution is -0.137. The van der Waals surface area contributed by atoms with Crippen LogP contribution < -0.4 is 0 Å². The average Bonchev–Trinajstić information content (AvgIpc) is 3.38. The van der Waals surface area contributed by atoms with Crippen molar-refractivity contribution in [3.8, 4) is 0 Å². The Morgan fingerprint density at radius 3 is 2.85 bits per heavy atom. The van der Waals surface area contributed by atoms with Gasteiger partial charge in [0.1, 0.15) is 0 Å². The fourth-order valence-electron chi connectivity index (χ4n) is 4.43. The summed E-state index contributed by atoms with van der Waals surface area (Å²) < 4.78 is 1.84. The number of hydrogen-bond acceptors (Lipinski definition) is 4. The van der Waals surface area contributed by atoms with Gasteiger partial charge in [-0.15, -0.1) is 5.10 Å². The van der Waals surface area contributed by atoms with Crippen LogP contribution in [0.3, 0.4) is 0 Å². The molecule has 1 amide bonds. The van der Waals surface area contributed by atoms with Crippen molar-refractivity contribution in [3.05, 3.63) is 48.3 Å². The highest BCUT2D eigenvalue weighted by Crippen LogP contribution is 2.29. The molecule has 1 aromatic carbocycles. The van der Waals surface area contributed by atoms with Crippen LogP contribution >= 0.6 is 0 Å². The van der Waals surface area contributed by atoms with Crippen LogP contribution in [0.2, 0.25) is 0 Å². The van der Waals surface area contributed by atoms with E-state index in [9.17, 15) is 4.79 Å². The van der Waals surface area contributed by atoms with Crippen LogP contribution in [0.1, 0.15) is 25.3 Å². The van der Waals surface area contributed by atoms with Gasteiger partial charge in [0.25, 0.3) is 0 Å². The molecule has 2 aliphatic rings. The van der Waals surface area contributed by atoms with Crippen LogP contribution in [-0.4, -0.2) is 56.4 Å². The van der Waals surface area contributed by atoms with Crippen molar-refractivity contribution in [2.75, 3.05) is 19.6 Å². The van der Waals surface area contributed by atoms with E-state index >= 15 is 0 Å². The molecule has 3 atom stereocenters. The Kier molecular flexibility index (Phi) is 5.02. The zero-order valence-electron chi connectivity index (χ0n) is 15.4. The van der Waals surface area contributed by atoms with Gasteiger partial charge < -0.3 is 4.90 Å². The van der Waals surface area contributed by atoms with Gasteiger partial charge in [-0.05, 0) is 24.3 Å². The van der Waals surface area contributed by atoms with Crippen LogP contribution in [0.15, 0.2) is 42.7 Å². The zero-order chi connectivity index (χ0) is 17.9. The van der Waals surface area contributed by atoms with Crippen LogP contribution in [0.5, 0.6) is 0 Å². The van der Waals surface area contributed by atoms with Crippen molar-refractivity contribution in [3.63, 3.8) is 0 Å². The molecule has 6 nitrogen and oxygen atoms in total. The summed E-state index contributed by atoms with van der Waals surface area (Å²) in [5, 5.41) is 7.94. The number of carbonyl (C=O) groups is 1. The zero-order valence-corrected chi connectivity index (χ0v) is 15.4. The fourth-order valence-corrected chi connectivity index (χ4v) is 4.43. The number of nitrogens with zero attached hydrogens (tertiary/aromatic N) is 5. The topological polar surface area (TPSA) is 54.3 Å². The monoisotopic (exact) mass is 353 g/mol. The molecule has 2 fully saturated rings.